The molecule has 0 bridgehead atoms. The maximum atomic E-state index is 11.9. The van der Waals surface area contributed by atoms with Crippen LogP contribution in [0.4, 0.5) is 5.69 Å². The molecule has 29 heavy (non-hydrogen) atoms. The molecule has 6 heteroatoms. The van der Waals surface area contributed by atoms with Gasteiger partial charge in [-0.2, -0.15) is 0 Å². The smallest absolute Gasteiger partial charge is 0.339 e. The van der Waals surface area contributed by atoms with E-state index in [1.807, 2.05) is 61.5 Å². The summed E-state index contributed by atoms with van der Waals surface area (Å²) in [5.74, 6) is -1.03. The molecule has 0 aliphatic heterocycles. The number of carbonyl (C=O) groups is 1. The Bertz CT molecular complexity index is 1180. The van der Waals surface area contributed by atoms with E-state index in [-0.39, 0.29) is 11.6 Å². The average molecular weight is 404 g/mol. The number of aromatic carboxylic acids is 1. The van der Waals surface area contributed by atoms with E-state index in [9.17, 15) is 9.90 Å². The first-order chi connectivity index (χ1) is 14.0. The molecule has 2 heterocycles. The van der Waals surface area contributed by atoms with Crippen LogP contribution >= 0.6 is 11.6 Å². The van der Waals surface area contributed by atoms with Gasteiger partial charge in [-0.15, -0.1) is 0 Å². The van der Waals surface area contributed by atoms with Gasteiger partial charge in [0.05, 0.1) is 11.2 Å². The number of aromatic nitrogens is 2. The van der Waals surface area contributed by atoms with Gasteiger partial charge in [-0.3, -0.25) is 9.97 Å². The van der Waals surface area contributed by atoms with Crippen LogP contribution in [-0.2, 0) is 0 Å². The quantitative estimate of drug-likeness (QED) is 0.439. The zero-order valence-electron chi connectivity index (χ0n) is 15.6. The molecule has 0 saturated carbocycles. The van der Waals surface area contributed by atoms with Gasteiger partial charge in [-0.25, -0.2) is 4.79 Å². The molecule has 2 aromatic heterocycles. The number of fused-ring (bicyclic) bond motifs is 1. The highest BCUT2D eigenvalue weighted by atomic mass is 35.5. The number of nitrogens with one attached hydrogen (secondary N) is 1. The minimum Gasteiger partial charge on any atom is -0.478 e. The Hall–Kier alpha value is -3.44. The van der Waals surface area contributed by atoms with Crippen molar-refractivity contribution in [3.63, 3.8) is 0 Å². The molecule has 0 fully saturated rings. The van der Waals surface area contributed by atoms with Crippen molar-refractivity contribution in [2.24, 2.45) is 0 Å². The minimum absolute atomic E-state index is 0.127. The summed E-state index contributed by atoms with van der Waals surface area (Å²) in [6, 6.07) is 17.0. The fourth-order valence-electron chi connectivity index (χ4n) is 3.27. The van der Waals surface area contributed by atoms with Crippen LogP contribution in [0.3, 0.4) is 0 Å². The predicted octanol–water partition coefficient (Wildman–Crippen LogP) is 5.82. The molecular weight excluding hydrogens is 386 g/mol. The van der Waals surface area contributed by atoms with Crippen molar-refractivity contribution in [1.29, 1.82) is 0 Å². The Morgan fingerprint density at radius 3 is 2.55 bits per heavy atom. The summed E-state index contributed by atoms with van der Waals surface area (Å²) in [7, 11) is 0. The van der Waals surface area contributed by atoms with Gasteiger partial charge in [0.2, 0.25) is 0 Å². The molecule has 1 atom stereocenters. The van der Waals surface area contributed by atoms with Gasteiger partial charge in [0.15, 0.2) is 0 Å². The van der Waals surface area contributed by atoms with Gasteiger partial charge in [-0.05, 0) is 48.4 Å². The Balaban J connectivity index is 1.83. The monoisotopic (exact) mass is 403 g/mol. The van der Waals surface area contributed by atoms with Crippen LogP contribution in [0.25, 0.3) is 22.0 Å². The lowest BCUT2D eigenvalue weighted by Crippen LogP contribution is -2.12. The van der Waals surface area contributed by atoms with E-state index in [1.165, 1.54) is 6.20 Å². The van der Waals surface area contributed by atoms with Crippen LogP contribution in [0, 0.1) is 0 Å². The molecular formula is C23H18ClN3O2. The molecule has 4 rings (SSSR count). The molecule has 2 aromatic carbocycles. The first-order valence-corrected chi connectivity index (χ1v) is 9.49. The standard InChI is InChI=1S/C23H18ClN3O2/c1-14(15-4-7-18(24)8-5-15)27-22-19-11-16(17-3-2-10-25-12-17)6-9-21(19)26-13-20(22)23(28)29/h2-14H,1H3,(H,26,27)(H,28,29)/t14-/m1/s1. The molecule has 0 radical (unpaired) electrons. The van der Waals surface area contributed by atoms with E-state index in [4.69, 9.17) is 11.6 Å². The second kappa shape index (κ2) is 7.89. The van der Waals surface area contributed by atoms with Crippen LogP contribution in [0.1, 0.15) is 28.9 Å². The summed E-state index contributed by atoms with van der Waals surface area (Å²) in [5.41, 5.74) is 4.27. The van der Waals surface area contributed by atoms with Crippen molar-refractivity contribution in [2.45, 2.75) is 13.0 Å². The maximum absolute atomic E-state index is 11.9. The van der Waals surface area contributed by atoms with E-state index in [1.54, 1.807) is 12.4 Å². The lowest BCUT2D eigenvalue weighted by molar-refractivity contribution is 0.0697. The highest BCUT2D eigenvalue weighted by Gasteiger charge is 2.18. The molecule has 0 unspecified atom stereocenters. The predicted molar refractivity (Wildman–Crippen MR) is 115 cm³/mol. The summed E-state index contributed by atoms with van der Waals surface area (Å²) in [4.78, 5) is 20.4. The molecule has 144 valence electrons. The molecule has 4 aromatic rings. The van der Waals surface area contributed by atoms with Crippen LogP contribution < -0.4 is 5.32 Å². The number of carboxylic acids is 1. The lowest BCUT2D eigenvalue weighted by Gasteiger charge is -2.19. The number of nitrogens with zero attached hydrogens (tertiary/aromatic N) is 2. The topological polar surface area (TPSA) is 75.1 Å². The number of rotatable bonds is 5. The summed E-state index contributed by atoms with van der Waals surface area (Å²) in [5, 5.41) is 14.5. The largest absolute Gasteiger partial charge is 0.478 e. The molecule has 0 saturated heterocycles. The fourth-order valence-corrected chi connectivity index (χ4v) is 3.40. The molecule has 0 aliphatic carbocycles. The summed E-state index contributed by atoms with van der Waals surface area (Å²) >= 11 is 5.99. The zero-order valence-corrected chi connectivity index (χ0v) is 16.4. The Kier molecular flexibility index (Phi) is 5.14. The third-order valence-corrected chi connectivity index (χ3v) is 5.08. The van der Waals surface area contributed by atoms with E-state index in [0.717, 1.165) is 22.1 Å². The third kappa shape index (κ3) is 3.91. The zero-order chi connectivity index (χ0) is 20.4. The second-order valence-electron chi connectivity index (χ2n) is 6.74. The molecule has 0 amide bonds. The summed E-state index contributed by atoms with van der Waals surface area (Å²) in [6.45, 7) is 1.98. The van der Waals surface area contributed by atoms with E-state index < -0.39 is 5.97 Å². The van der Waals surface area contributed by atoms with Crippen molar-refractivity contribution in [3.8, 4) is 11.1 Å². The van der Waals surface area contributed by atoms with Crippen molar-refractivity contribution in [3.05, 3.63) is 89.3 Å². The second-order valence-corrected chi connectivity index (χ2v) is 7.18. The van der Waals surface area contributed by atoms with Gasteiger partial charge in [0.1, 0.15) is 5.56 Å². The molecule has 0 spiro atoms. The molecule has 0 aliphatic rings. The number of anilines is 1. The van der Waals surface area contributed by atoms with Crippen LogP contribution in [0.2, 0.25) is 5.02 Å². The minimum atomic E-state index is -1.03. The number of carboxylic acid groups (broad SMARTS) is 1. The first-order valence-electron chi connectivity index (χ1n) is 9.11. The number of halogens is 1. The molecule has 2 N–H and O–H groups in total. The lowest BCUT2D eigenvalue weighted by atomic mass is 10.0. The highest BCUT2D eigenvalue weighted by molar-refractivity contribution is 6.30. The van der Waals surface area contributed by atoms with Crippen molar-refractivity contribution < 1.29 is 9.90 Å². The van der Waals surface area contributed by atoms with Gasteiger partial charge in [-0.1, -0.05) is 35.9 Å². The molecule has 5 nitrogen and oxygen atoms in total. The van der Waals surface area contributed by atoms with Crippen LogP contribution in [0.5, 0.6) is 0 Å². The SMILES string of the molecule is C[C@@H](Nc1c(C(=O)O)cnc2ccc(-c3cccnc3)cc12)c1ccc(Cl)cc1. The average Bonchev–Trinajstić information content (AvgIpc) is 2.74. The first kappa shape index (κ1) is 18.9. The van der Waals surface area contributed by atoms with Gasteiger partial charge < -0.3 is 10.4 Å². The van der Waals surface area contributed by atoms with Gasteiger partial charge in [0.25, 0.3) is 0 Å². The Morgan fingerprint density at radius 1 is 1.07 bits per heavy atom. The van der Waals surface area contributed by atoms with Crippen molar-refractivity contribution in [1.82, 2.24) is 9.97 Å². The van der Waals surface area contributed by atoms with Crippen molar-refractivity contribution >= 4 is 34.2 Å². The van der Waals surface area contributed by atoms with Gasteiger partial charge >= 0.3 is 5.97 Å². The van der Waals surface area contributed by atoms with Gasteiger partial charge in [0, 0.05) is 40.6 Å². The Morgan fingerprint density at radius 2 is 1.86 bits per heavy atom. The fraction of sp³-hybridized carbons (Fsp3) is 0.0870. The van der Waals surface area contributed by atoms with E-state index >= 15 is 0 Å². The number of hydrogen-bond acceptors (Lipinski definition) is 4. The highest BCUT2D eigenvalue weighted by Crippen LogP contribution is 2.33. The van der Waals surface area contributed by atoms with Crippen LogP contribution in [-0.4, -0.2) is 21.0 Å². The summed E-state index contributed by atoms with van der Waals surface area (Å²) in [6.07, 6.45) is 4.89. The Labute approximate surface area is 173 Å². The van der Waals surface area contributed by atoms with Crippen molar-refractivity contribution in [2.75, 3.05) is 5.32 Å². The maximum Gasteiger partial charge on any atom is 0.339 e. The summed E-state index contributed by atoms with van der Waals surface area (Å²) < 4.78 is 0. The van der Waals surface area contributed by atoms with E-state index in [0.29, 0.717) is 16.2 Å². The number of pyridine rings is 2. The normalized spacial score (nSPS) is 11.9. The number of benzene rings is 2. The van der Waals surface area contributed by atoms with Crippen LogP contribution in [0.15, 0.2) is 73.2 Å². The van der Waals surface area contributed by atoms with E-state index in [2.05, 4.69) is 15.3 Å². The number of hydrogen-bond donors (Lipinski definition) is 2. The third-order valence-electron chi connectivity index (χ3n) is 4.82.